The molecule has 0 aliphatic carbocycles. The van der Waals surface area contributed by atoms with Gasteiger partial charge in [-0.2, -0.15) is 11.3 Å². The van der Waals surface area contributed by atoms with Gasteiger partial charge in [0.25, 0.3) is 0 Å². The molecule has 1 aromatic carbocycles. The standard InChI is InChI=1S/C16H16ClNO4S/c1-22-13-4-3-11(8-12(13)17)15(16(20)21)18-14(19)5-2-10-6-7-23-9-10/h3-4,6-9,15H,2,5H2,1H3,(H,18,19)(H,20,21). The van der Waals surface area contributed by atoms with Crippen molar-refractivity contribution in [3.63, 3.8) is 0 Å². The number of carboxylic acids is 1. The second-order valence-corrected chi connectivity index (χ2v) is 6.05. The number of carbonyl (C=O) groups excluding carboxylic acids is 1. The van der Waals surface area contributed by atoms with Crippen LogP contribution >= 0.6 is 22.9 Å². The lowest BCUT2D eigenvalue weighted by atomic mass is 10.1. The number of ether oxygens (including phenoxy) is 1. The molecular formula is C16H16ClNO4S. The van der Waals surface area contributed by atoms with Gasteiger partial charge in [0.15, 0.2) is 6.04 Å². The minimum Gasteiger partial charge on any atom is -0.495 e. The summed E-state index contributed by atoms with van der Waals surface area (Å²) < 4.78 is 5.04. The normalized spacial score (nSPS) is 11.7. The Balaban J connectivity index is 2.04. The van der Waals surface area contributed by atoms with Crippen LogP contribution in [0.3, 0.4) is 0 Å². The van der Waals surface area contributed by atoms with Crippen LogP contribution in [0.4, 0.5) is 0 Å². The predicted molar refractivity (Wildman–Crippen MR) is 89.2 cm³/mol. The van der Waals surface area contributed by atoms with Crippen molar-refractivity contribution in [1.82, 2.24) is 5.32 Å². The Bertz CT molecular complexity index is 687. The highest BCUT2D eigenvalue weighted by Gasteiger charge is 2.22. The first-order valence-electron chi connectivity index (χ1n) is 6.88. The summed E-state index contributed by atoms with van der Waals surface area (Å²) in [6.07, 6.45) is 0.801. The zero-order valence-corrected chi connectivity index (χ0v) is 14.0. The fraction of sp³-hybridized carbons (Fsp3) is 0.250. The molecule has 2 aromatic rings. The van der Waals surface area contributed by atoms with Crippen LogP contribution < -0.4 is 10.1 Å². The van der Waals surface area contributed by atoms with Gasteiger partial charge in [0.05, 0.1) is 12.1 Å². The summed E-state index contributed by atoms with van der Waals surface area (Å²) in [5.41, 5.74) is 1.46. The number of hydrogen-bond donors (Lipinski definition) is 2. The van der Waals surface area contributed by atoms with E-state index in [1.54, 1.807) is 23.5 Å². The molecular weight excluding hydrogens is 338 g/mol. The zero-order chi connectivity index (χ0) is 16.8. The minimum absolute atomic E-state index is 0.227. The number of benzene rings is 1. The van der Waals surface area contributed by atoms with Crippen molar-refractivity contribution in [2.75, 3.05) is 7.11 Å². The first kappa shape index (κ1) is 17.3. The summed E-state index contributed by atoms with van der Waals surface area (Å²) >= 11 is 7.57. The molecule has 7 heteroatoms. The number of hydrogen-bond acceptors (Lipinski definition) is 4. The van der Waals surface area contributed by atoms with E-state index < -0.39 is 12.0 Å². The Morgan fingerprint density at radius 3 is 2.74 bits per heavy atom. The topological polar surface area (TPSA) is 75.6 Å². The lowest BCUT2D eigenvalue weighted by molar-refractivity contribution is -0.142. The van der Waals surface area contributed by atoms with Gasteiger partial charge in [0.2, 0.25) is 5.91 Å². The van der Waals surface area contributed by atoms with Gasteiger partial charge in [-0.3, -0.25) is 4.79 Å². The predicted octanol–water partition coefficient (Wildman–Crippen LogP) is 3.28. The van der Waals surface area contributed by atoms with E-state index in [2.05, 4.69) is 5.32 Å². The molecule has 0 spiro atoms. The monoisotopic (exact) mass is 353 g/mol. The summed E-state index contributed by atoms with van der Waals surface area (Å²) in [5.74, 6) is -1.02. The second kappa shape index (κ2) is 7.99. The Labute approximate surface area is 142 Å². The van der Waals surface area contributed by atoms with Gasteiger partial charge < -0.3 is 15.2 Å². The van der Waals surface area contributed by atoms with Gasteiger partial charge in [0, 0.05) is 6.42 Å². The number of aryl methyl sites for hydroxylation is 1. The molecule has 2 rings (SSSR count). The van der Waals surface area contributed by atoms with Crippen molar-refractivity contribution < 1.29 is 19.4 Å². The average Bonchev–Trinajstić information content (AvgIpc) is 3.03. The Hall–Kier alpha value is -2.05. The number of aliphatic carboxylic acids is 1. The van der Waals surface area contributed by atoms with Gasteiger partial charge in [-0.25, -0.2) is 4.79 Å². The summed E-state index contributed by atoms with van der Waals surface area (Å²) in [5, 5.41) is 16.1. The fourth-order valence-corrected chi connectivity index (χ4v) is 3.05. The number of carboxylic acid groups (broad SMARTS) is 1. The molecule has 1 unspecified atom stereocenters. The van der Waals surface area contributed by atoms with Crippen LogP contribution in [0.2, 0.25) is 5.02 Å². The number of amides is 1. The summed E-state index contributed by atoms with van der Waals surface area (Å²) in [7, 11) is 1.47. The number of halogens is 1. The molecule has 1 amide bonds. The molecule has 5 nitrogen and oxygen atoms in total. The number of rotatable bonds is 7. The van der Waals surface area contributed by atoms with Crippen molar-refractivity contribution >= 4 is 34.8 Å². The fourth-order valence-electron chi connectivity index (χ4n) is 2.08. The maximum atomic E-state index is 12.0. The highest BCUT2D eigenvalue weighted by Crippen LogP contribution is 2.27. The molecule has 0 saturated heterocycles. The molecule has 1 atom stereocenters. The maximum Gasteiger partial charge on any atom is 0.330 e. The van der Waals surface area contributed by atoms with Gasteiger partial charge >= 0.3 is 5.97 Å². The Kier molecular flexibility index (Phi) is 6.01. The van der Waals surface area contributed by atoms with Crippen molar-refractivity contribution in [1.29, 1.82) is 0 Å². The highest BCUT2D eigenvalue weighted by atomic mass is 35.5. The third kappa shape index (κ3) is 4.71. The van der Waals surface area contributed by atoms with E-state index >= 15 is 0 Å². The number of carbonyl (C=O) groups is 2. The third-order valence-electron chi connectivity index (χ3n) is 3.28. The van der Waals surface area contributed by atoms with E-state index in [4.69, 9.17) is 16.3 Å². The van der Waals surface area contributed by atoms with Crippen LogP contribution in [-0.4, -0.2) is 24.1 Å². The molecule has 0 aliphatic rings. The Morgan fingerprint density at radius 2 is 2.17 bits per heavy atom. The van der Waals surface area contributed by atoms with E-state index in [9.17, 15) is 14.7 Å². The lowest BCUT2D eigenvalue weighted by Crippen LogP contribution is -2.33. The van der Waals surface area contributed by atoms with Crippen molar-refractivity contribution in [2.24, 2.45) is 0 Å². The van der Waals surface area contributed by atoms with E-state index in [1.165, 1.54) is 13.2 Å². The van der Waals surface area contributed by atoms with Crippen LogP contribution in [0, 0.1) is 0 Å². The van der Waals surface area contributed by atoms with E-state index in [0.717, 1.165) is 5.56 Å². The highest BCUT2D eigenvalue weighted by molar-refractivity contribution is 7.07. The summed E-state index contributed by atoms with van der Waals surface area (Å²) in [6, 6.07) is 5.43. The van der Waals surface area contributed by atoms with Gasteiger partial charge in [-0.05, 0) is 46.5 Å². The molecule has 0 bridgehead atoms. The van der Waals surface area contributed by atoms with E-state index in [0.29, 0.717) is 22.8 Å². The molecule has 0 radical (unpaired) electrons. The average molecular weight is 354 g/mol. The van der Waals surface area contributed by atoms with Gasteiger partial charge in [-0.1, -0.05) is 17.7 Å². The minimum atomic E-state index is -1.15. The van der Waals surface area contributed by atoms with Crippen LogP contribution in [0.15, 0.2) is 35.0 Å². The molecule has 122 valence electrons. The van der Waals surface area contributed by atoms with Crippen LogP contribution in [0.25, 0.3) is 0 Å². The van der Waals surface area contributed by atoms with Crippen molar-refractivity contribution in [3.05, 3.63) is 51.2 Å². The molecule has 0 saturated carbocycles. The van der Waals surface area contributed by atoms with Crippen LogP contribution in [-0.2, 0) is 16.0 Å². The van der Waals surface area contributed by atoms with Crippen LogP contribution in [0.1, 0.15) is 23.6 Å². The molecule has 0 aliphatic heterocycles. The smallest absolute Gasteiger partial charge is 0.330 e. The first-order valence-corrected chi connectivity index (χ1v) is 8.20. The van der Waals surface area contributed by atoms with Crippen molar-refractivity contribution in [3.8, 4) is 5.75 Å². The lowest BCUT2D eigenvalue weighted by Gasteiger charge is -2.16. The summed E-state index contributed by atoms with van der Waals surface area (Å²) in [6.45, 7) is 0. The molecule has 0 fully saturated rings. The van der Waals surface area contributed by atoms with Gasteiger partial charge in [0.1, 0.15) is 5.75 Å². The largest absolute Gasteiger partial charge is 0.495 e. The van der Waals surface area contributed by atoms with Crippen molar-refractivity contribution in [2.45, 2.75) is 18.9 Å². The SMILES string of the molecule is COc1ccc(C(NC(=O)CCc2ccsc2)C(=O)O)cc1Cl. The number of nitrogens with one attached hydrogen (secondary N) is 1. The van der Waals surface area contributed by atoms with E-state index in [-0.39, 0.29) is 12.3 Å². The first-order chi connectivity index (χ1) is 11.0. The second-order valence-electron chi connectivity index (χ2n) is 4.86. The Morgan fingerprint density at radius 1 is 1.39 bits per heavy atom. The molecule has 23 heavy (non-hydrogen) atoms. The van der Waals surface area contributed by atoms with E-state index in [1.807, 2.05) is 16.8 Å². The zero-order valence-electron chi connectivity index (χ0n) is 12.4. The number of methoxy groups -OCH3 is 1. The summed E-state index contributed by atoms with van der Waals surface area (Å²) in [4.78, 5) is 23.5. The maximum absolute atomic E-state index is 12.0. The van der Waals surface area contributed by atoms with Gasteiger partial charge in [-0.15, -0.1) is 0 Å². The third-order valence-corrected chi connectivity index (χ3v) is 4.31. The molecule has 1 aromatic heterocycles. The molecule has 2 N–H and O–H groups in total. The quantitative estimate of drug-likeness (QED) is 0.801. The number of thiophene rings is 1. The molecule has 1 heterocycles. The van der Waals surface area contributed by atoms with Crippen LogP contribution in [0.5, 0.6) is 5.75 Å².